The molecule has 35 heavy (non-hydrogen) atoms. The van der Waals surface area contributed by atoms with Crippen molar-refractivity contribution in [2.75, 3.05) is 50.8 Å². The molecule has 0 radical (unpaired) electrons. The molecule has 3 aliphatic rings. The minimum Gasteiger partial charge on any atom is -0.426 e. The van der Waals surface area contributed by atoms with Gasteiger partial charge in [-0.2, -0.15) is 26.3 Å². The van der Waals surface area contributed by atoms with Crippen molar-refractivity contribution in [1.82, 2.24) is 9.80 Å². The summed E-state index contributed by atoms with van der Waals surface area (Å²) < 4.78 is 99.6. The monoisotopic (exact) mass is 513 g/mol. The highest BCUT2D eigenvalue weighted by atomic mass is 19.4. The van der Waals surface area contributed by atoms with Crippen LogP contribution in [0.1, 0.15) is 12.5 Å². The van der Waals surface area contributed by atoms with Gasteiger partial charge in [0, 0.05) is 51.0 Å². The lowest BCUT2D eigenvalue weighted by Gasteiger charge is -2.37. The average Bonchev–Trinajstić information content (AvgIpc) is 3.31. The zero-order valence-corrected chi connectivity index (χ0v) is 18.9. The zero-order chi connectivity index (χ0) is 25.5. The highest BCUT2D eigenvalue weighted by Gasteiger charge is 2.60. The molecule has 4 rings (SSSR count). The van der Waals surface area contributed by atoms with E-state index in [1.807, 2.05) is 6.92 Å². The summed E-state index contributed by atoms with van der Waals surface area (Å²) in [6.45, 7) is 5.21. The van der Waals surface area contributed by atoms with E-state index in [0.29, 0.717) is 39.4 Å². The summed E-state index contributed by atoms with van der Waals surface area (Å²) in [7, 11) is 0. The molecule has 1 aromatic carbocycles. The number of nitrogens with zero attached hydrogens (tertiary/aromatic N) is 3. The first-order chi connectivity index (χ1) is 16.3. The number of amides is 1. The number of fused-ring (bicyclic) bond motifs is 1. The van der Waals surface area contributed by atoms with Gasteiger partial charge in [-0.3, -0.25) is 4.90 Å². The third-order valence-electron chi connectivity index (χ3n) is 6.75. The quantitative estimate of drug-likeness (QED) is 0.569. The van der Waals surface area contributed by atoms with E-state index in [-0.39, 0.29) is 36.8 Å². The Hall–Kier alpha value is -2.28. The van der Waals surface area contributed by atoms with Crippen molar-refractivity contribution in [3.8, 4) is 0 Å². The molecule has 1 aromatic rings. The molecule has 0 spiro atoms. The predicted molar refractivity (Wildman–Crippen MR) is 110 cm³/mol. The van der Waals surface area contributed by atoms with Crippen LogP contribution < -0.4 is 4.90 Å². The molecule has 0 aromatic heterocycles. The molecule has 3 aliphatic heterocycles. The van der Waals surface area contributed by atoms with Crippen LogP contribution in [0.5, 0.6) is 0 Å². The second-order valence-corrected chi connectivity index (χ2v) is 9.36. The van der Waals surface area contributed by atoms with Crippen molar-refractivity contribution in [3.63, 3.8) is 0 Å². The van der Waals surface area contributed by atoms with E-state index in [0.717, 1.165) is 16.2 Å². The molecule has 3 fully saturated rings. The molecular formula is C22H26F7N3O3. The Morgan fingerprint density at radius 3 is 2.29 bits per heavy atom. The molecule has 6 nitrogen and oxygen atoms in total. The fourth-order valence-corrected chi connectivity index (χ4v) is 5.13. The molecule has 3 unspecified atom stereocenters. The summed E-state index contributed by atoms with van der Waals surface area (Å²) in [5.74, 6) is -0.570. The van der Waals surface area contributed by atoms with Gasteiger partial charge in [-0.05, 0) is 36.5 Å². The lowest BCUT2D eigenvalue weighted by Crippen LogP contribution is -2.48. The van der Waals surface area contributed by atoms with E-state index >= 15 is 0 Å². The van der Waals surface area contributed by atoms with E-state index in [9.17, 15) is 35.5 Å². The first-order valence-electron chi connectivity index (χ1n) is 11.3. The normalized spacial score (nSPS) is 25.9. The highest BCUT2D eigenvalue weighted by molar-refractivity contribution is 5.68. The Bertz CT molecular complexity index is 899. The van der Waals surface area contributed by atoms with Crippen LogP contribution in [0.15, 0.2) is 18.2 Å². The molecule has 0 N–H and O–H groups in total. The van der Waals surface area contributed by atoms with Crippen LogP contribution in [0.3, 0.4) is 0 Å². The van der Waals surface area contributed by atoms with Gasteiger partial charge in [0.2, 0.25) is 0 Å². The van der Waals surface area contributed by atoms with Crippen LogP contribution in [0.2, 0.25) is 0 Å². The fraction of sp³-hybridized carbons (Fsp3) is 0.682. The van der Waals surface area contributed by atoms with Crippen molar-refractivity contribution in [3.05, 3.63) is 29.6 Å². The number of benzene rings is 1. The molecule has 3 saturated heterocycles. The number of alkyl halides is 6. The number of anilines is 1. The number of rotatable bonds is 4. The number of hydrogen-bond acceptors (Lipinski definition) is 5. The van der Waals surface area contributed by atoms with Gasteiger partial charge in [-0.25, -0.2) is 9.18 Å². The summed E-state index contributed by atoms with van der Waals surface area (Å²) in [5.41, 5.74) is 1.68. The van der Waals surface area contributed by atoms with E-state index in [1.165, 1.54) is 12.1 Å². The third kappa shape index (κ3) is 5.76. The van der Waals surface area contributed by atoms with E-state index in [1.54, 1.807) is 6.07 Å². The number of carbonyl (C=O) groups is 1. The number of ether oxygens (including phenoxy) is 2. The Balaban J connectivity index is 1.37. The zero-order valence-electron chi connectivity index (χ0n) is 18.9. The third-order valence-corrected chi connectivity index (χ3v) is 6.75. The van der Waals surface area contributed by atoms with Gasteiger partial charge in [0.1, 0.15) is 5.82 Å². The van der Waals surface area contributed by atoms with Crippen LogP contribution in [0.4, 0.5) is 41.2 Å². The summed E-state index contributed by atoms with van der Waals surface area (Å²) in [6.07, 6.45) is -17.3. The molecule has 196 valence electrons. The SMILES string of the molecule is CC1COCCN1c1cc(F)ccc1CN1CC2CN(C(=O)OC(C(F)(F)F)C(F)(F)F)CC2C1. The van der Waals surface area contributed by atoms with Crippen LogP contribution in [0.25, 0.3) is 0 Å². The van der Waals surface area contributed by atoms with Crippen molar-refractivity contribution in [2.24, 2.45) is 11.8 Å². The molecule has 1 amide bonds. The van der Waals surface area contributed by atoms with E-state index < -0.39 is 24.5 Å². The molecule has 0 aliphatic carbocycles. The first kappa shape index (κ1) is 25.8. The van der Waals surface area contributed by atoms with Crippen LogP contribution in [0, 0.1) is 17.7 Å². The van der Waals surface area contributed by atoms with Gasteiger partial charge >= 0.3 is 18.4 Å². The maximum atomic E-state index is 14.0. The van der Waals surface area contributed by atoms with Crippen molar-refractivity contribution in [2.45, 2.75) is 38.0 Å². The van der Waals surface area contributed by atoms with Gasteiger partial charge in [0.25, 0.3) is 6.10 Å². The van der Waals surface area contributed by atoms with Gasteiger partial charge in [0.15, 0.2) is 0 Å². The van der Waals surface area contributed by atoms with Crippen molar-refractivity contribution in [1.29, 1.82) is 0 Å². The topological polar surface area (TPSA) is 45.2 Å². The smallest absolute Gasteiger partial charge is 0.426 e. The van der Waals surface area contributed by atoms with E-state index in [4.69, 9.17) is 4.74 Å². The number of hydrogen-bond donors (Lipinski definition) is 0. The fourth-order valence-electron chi connectivity index (χ4n) is 5.13. The Kier molecular flexibility index (Phi) is 7.11. The first-order valence-corrected chi connectivity index (χ1v) is 11.3. The predicted octanol–water partition coefficient (Wildman–Crippen LogP) is 4.04. The minimum absolute atomic E-state index is 0.0131. The molecule has 3 atom stereocenters. The highest BCUT2D eigenvalue weighted by Crippen LogP contribution is 2.38. The molecule has 0 saturated carbocycles. The summed E-state index contributed by atoms with van der Waals surface area (Å²) in [4.78, 5) is 17.2. The Morgan fingerprint density at radius 1 is 1.09 bits per heavy atom. The average molecular weight is 513 g/mol. The molecule has 0 bridgehead atoms. The second kappa shape index (κ2) is 9.64. The van der Waals surface area contributed by atoms with Crippen LogP contribution in [-0.2, 0) is 16.0 Å². The summed E-state index contributed by atoms with van der Waals surface area (Å²) >= 11 is 0. The summed E-state index contributed by atoms with van der Waals surface area (Å²) in [6, 6.07) is 4.66. The maximum Gasteiger partial charge on any atom is 0.434 e. The van der Waals surface area contributed by atoms with Crippen LogP contribution >= 0.6 is 0 Å². The van der Waals surface area contributed by atoms with Crippen molar-refractivity contribution >= 4 is 11.8 Å². The minimum atomic E-state index is -5.74. The number of carbonyl (C=O) groups excluding carboxylic acids is 1. The van der Waals surface area contributed by atoms with Gasteiger partial charge in [-0.1, -0.05) is 6.07 Å². The largest absolute Gasteiger partial charge is 0.434 e. The Morgan fingerprint density at radius 2 is 1.71 bits per heavy atom. The lowest BCUT2D eigenvalue weighted by atomic mass is 10.0. The second-order valence-electron chi connectivity index (χ2n) is 9.36. The van der Waals surface area contributed by atoms with Crippen LogP contribution in [-0.4, -0.2) is 86.3 Å². The van der Waals surface area contributed by atoms with Gasteiger partial charge in [0.05, 0.1) is 13.2 Å². The molecule has 13 heteroatoms. The molecular weight excluding hydrogens is 487 g/mol. The lowest BCUT2D eigenvalue weighted by molar-refractivity contribution is -0.308. The number of halogens is 7. The Labute approximate surface area is 197 Å². The van der Waals surface area contributed by atoms with E-state index in [2.05, 4.69) is 14.5 Å². The molecule has 3 heterocycles. The summed E-state index contributed by atoms with van der Waals surface area (Å²) in [5, 5.41) is 0. The number of likely N-dealkylation sites (tertiary alicyclic amines) is 2. The van der Waals surface area contributed by atoms with Crippen molar-refractivity contribution < 1.29 is 45.0 Å². The van der Waals surface area contributed by atoms with Gasteiger partial charge < -0.3 is 19.3 Å². The standard InChI is InChI=1S/C22H26F7N3O3/c1-13-12-34-5-4-32(13)18-6-17(23)3-2-14(18)7-30-8-15-10-31(11-16(15)9-30)20(33)35-19(21(24,25)26)22(27,28)29/h2-3,6,13,15-16,19H,4-5,7-12H2,1H3. The van der Waals surface area contributed by atoms with Gasteiger partial charge in [-0.15, -0.1) is 0 Å². The maximum absolute atomic E-state index is 14.0. The number of morpholine rings is 1.